The van der Waals surface area contributed by atoms with E-state index < -0.39 is 0 Å². The SMILES string of the molecule is CCC(CC)(CC)OCC(COC)(COC)C(C)(C)C. The predicted molar refractivity (Wildman–Crippen MR) is 85.2 cm³/mol. The summed E-state index contributed by atoms with van der Waals surface area (Å²) in [4.78, 5) is 0. The Morgan fingerprint density at radius 2 is 1.10 bits per heavy atom. The third kappa shape index (κ3) is 4.71. The smallest absolute Gasteiger partial charge is 0.0675 e. The van der Waals surface area contributed by atoms with Gasteiger partial charge in [0.1, 0.15) is 0 Å². The lowest BCUT2D eigenvalue weighted by Gasteiger charge is -2.46. The van der Waals surface area contributed by atoms with E-state index in [1.54, 1.807) is 14.2 Å². The third-order valence-corrected chi connectivity index (χ3v) is 5.02. The highest BCUT2D eigenvalue weighted by atomic mass is 16.5. The molecule has 0 aromatic carbocycles. The van der Waals surface area contributed by atoms with E-state index in [4.69, 9.17) is 14.2 Å². The maximum absolute atomic E-state index is 6.41. The summed E-state index contributed by atoms with van der Waals surface area (Å²) >= 11 is 0. The largest absolute Gasteiger partial charge is 0.384 e. The topological polar surface area (TPSA) is 27.7 Å². The number of hydrogen-bond donors (Lipinski definition) is 0. The summed E-state index contributed by atoms with van der Waals surface area (Å²) in [6.07, 6.45) is 3.13. The Morgan fingerprint density at radius 1 is 0.700 bits per heavy atom. The van der Waals surface area contributed by atoms with Crippen LogP contribution in [0.15, 0.2) is 0 Å². The van der Waals surface area contributed by atoms with Gasteiger partial charge in [-0.05, 0) is 24.7 Å². The zero-order valence-corrected chi connectivity index (χ0v) is 15.0. The fraction of sp³-hybridized carbons (Fsp3) is 1.00. The van der Waals surface area contributed by atoms with E-state index in [1.807, 2.05) is 0 Å². The molecular weight excluding hydrogens is 252 g/mol. The van der Waals surface area contributed by atoms with Gasteiger partial charge in [0.2, 0.25) is 0 Å². The van der Waals surface area contributed by atoms with Gasteiger partial charge < -0.3 is 14.2 Å². The lowest BCUT2D eigenvalue weighted by atomic mass is 9.67. The van der Waals surface area contributed by atoms with Crippen molar-refractivity contribution in [2.24, 2.45) is 10.8 Å². The molecule has 0 N–H and O–H groups in total. The first-order valence-electron chi connectivity index (χ1n) is 7.88. The Kier molecular flexibility index (Phi) is 8.30. The van der Waals surface area contributed by atoms with Gasteiger partial charge in [-0.1, -0.05) is 41.5 Å². The van der Waals surface area contributed by atoms with Gasteiger partial charge >= 0.3 is 0 Å². The summed E-state index contributed by atoms with van der Waals surface area (Å²) in [5.74, 6) is 0. The number of rotatable bonds is 10. The highest BCUT2D eigenvalue weighted by Gasteiger charge is 2.44. The minimum Gasteiger partial charge on any atom is -0.384 e. The van der Waals surface area contributed by atoms with Crippen LogP contribution in [0.2, 0.25) is 0 Å². The van der Waals surface area contributed by atoms with Crippen molar-refractivity contribution in [2.45, 2.75) is 66.4 Å². The zero-order chi connectivity index (χ0) is 15.9. The highest BCUT2D eigenvalue weighted by Crippen LogP contribution is 2.41. The molecule has 0 unspecified atom stereocenters. The van der Waals surface area contributed by atoms with Crippen molar-refractivity contribution in [1.82, 2.24) is 0 Å². The van der Waals surface area contributed by atoms with Gasteiger partial charge in [0.05, 0.1) is 25.4 Å². The second kappa shape index (κ2) is 8.35. The van der Waals surface area contributed by atoms with Crippen molar-refractivity contribution in [3.05, 3.63) is 0 Å². The van der Waals surface area contributed by atoms with E-state index in [0.717, 1.165) is 19.3 Å². The average Bonchev–Trinajstić information content (AvgIpc) is 2.40. The van der Waals surface area contributed by atoms with Crippen molar-refractivity contribution in [2.75, 3.05) is 34.0 Å². The molecule has 0 rings (SSSR count). The molecule has 0 saturated carbocycles. The molecule has 0 aliphatic carbocycles. The van der Waals surface area contributed by atoms with Gasteiger partial charge in [0.25, 0.3) is 0 Å². The molecule has 3 nitrogen and oxygen atoms in total. The molecular formula is C17H36O3. The van der Waals surface area contributed by atoms with Crippen LogP contribution in [-0.2, 0) is 14.2 Å². The molecule has 0 aliphatic heterocycles. The molecule has 0 aromatic heterocycles. The standard InChI is InChI=1S/C17H36O3/c1-9-17(10-2,11-3)20-14-16(12-18-7,13-19-8)15(4,5)6/h9-14H2,1-8H3. The summed E-state index contributed by atoms with van der Waals surface area (Å²) in [6, 6.07) is 0. The van der Waals surface area contributed by atoms with Gasteiger partial charge in [0, 0.05) is 19.6 Å². The molecule has 0 fully saturated rings. The summed E-state index contributed by atoms with van der Waals surface area (Å²) < 4.78 is 17.4. The fourth-order valence-electron chi connectivity index (χ4n) is 2.67. The van der Waals surface area contributed by atoms with Crippen LogP contribution in [0.3, 0.4) is 0 Å². The van der Waals surface area contributed by atoms with E-state index in [0.29, 0.717) is 19.8 Å². The average molecular weight is 288 g/mol. The Balaban J connectivity index is 5.15. The van der Waals surface area contributed by atoms with Crippen molar-refractivity contribution in [3.63, 3.8) is 0 Å². The Labute approximate surface area is 126 Å². The molecule has 3 heteroatoms. The zero-order valence-electron chi connectivity index (χ0n) is 15.0. The minimum atomic E-state index is -0.124. The van der Waals surface area contributed by atoms with Crippen LogP contribution in [0, 0.1) is 10.8 Å². The van der Waals surface area contributed by atoms with Crippen LogP contribution < -0.4 is 0 Å². The van der Waals surface area contributed by atoms with Gasteiger partial charge in [-0.25, -0.2) is 0 Å². The van der Waals surface area contributed by atoms with Crippen LogP contribution in [0.5, 0.6) is 0 Å². The molecule has 20 heavy (non-hydrogen) atoms. The van der Waals surface area contributed by atoms with Crippen molar-refractivity contribution >= 4 is 0 Å². The molecule has 0 atom stereocenters. The van der Waals surface area contributed by atoms with E-state index >= 15 is 0 Å². The van der Waals surface area contributed by atoms with Crippen molar-refractivity contribution in [1.29, 1.82) is 0 Å². The predicted octanol–water partition coefficient (Wildman–Crippen LogP) is 4.30. The summed E-state index contributed by atoms with van der Waals surface area (Å²) in [5, 5.41) is 0. The molecule has 0 radical (unpaired) electrons. The van der Waals surface area contributed by atoms with Gasteiger partial charge in [0.15, 0.2) is 0 Å². The first-order valence-corrected chi connectivity index (χ1v) is 7.88. The summed E-state index contributed by atoms with van der Waals surface area (Å²) in [7, 11) is 3.51. The van der Waals surface area contributed by atoms with Crippen LogP contribution in [0.4, 0.5) is 0 Å². The van der Waals surface area contributed by atoms with Gasteiger partial charge in [-0.3, -0.25) is 0 Å². The second-order valence-electron chi connectivity index (χ2n) is 6.93. The van der Waals surface area contributed by atoms with E-state index in [9.17, 15) is 0 Å². The Hall–Kier alpha value is -0.120. The number of ether oxygens (including phenoxy) is 3. The molecule has 0 saturated heterocycles. The Morgan fingerprint density at radius 3 is 1.35 bits per heavy atom. The normalized spacial score (nSPS) is 13.8. The molecule has 0 spiro atoms. The monoisotopic (exact) mass is 288 g/mol. The minimum absolute atomic E-state index is 0.0159. The van der Waals surface area contributed by atoms with Crippen molar-refractivity contribution < 1.29 is 14.2 Å². The molecule has 122 valence electrons. The summed E-state index contributed by atoms with van der Waals surface area (Å²) in [6.45, 7) is 15.3. The summed E-state index contributed by atoms with van der Waals surface area (Å²) in [5.41, 5.74) is -0.0841. The van der Waals surface area contributed by atoms with Crippen LogP contribution >= 0.6 is 0 Å². The van der Waals surface area contributed by atoms with Crippen LogP contribution in [0.25, 0.3) is 0 Å². The lowest BCUT2D eigenvalue weighted by Crippen LogP contribution is -2.49. The fourth-order valence-corrected chi connectivity index (χ4v) is 2.67. The highest BCUT2D eigenvalue weighted by molar-refractivity contribution is 4.92. The van der Waals surface area contributed by atoms with Crippen LogP contribution in [-0.4, -0.2) is 39.6 Å². The first-order chi connectivity index (χ1) is 9.26. The molecule has 0 amide bonds. The van der Waals surface area contributed by atoms with Crippen molar-refractivity contribution in [3.8, 4) is 0 Å². The van der Waals surface area contributed by atoms with E-state index in [2.05, 4.69) is 41.5 Å². The third-order valence-electron chi connectivity index (χ3n) is 5.02. The molecule has 0 heterocycles. The maximum atomic E-state index is 6.41. The van der Waals surface area contributed by atoms with Gasteiger partial charge in [-0.15, -0.1) is 0 Å². The molecule has 0 bridgehead atoms. The number of methoxy groups -OCH3 is 2. The quantitative estimate of drug-likeness (QED) is 0.600. The second-order valence-corrected chi connectivity index (χ2v) is 6.93. The van der Waals surface area contributed by atoms with Crippen LogP contribution in [0.1, 0.15) is 60.8 Å². The first kappa shape index (κ1) is 19.9. The number of hydrogen-bond acceptors (Lipinski definition) is 3. The van der Waals surface area contributed by atoms with Gasteiger partial charge in [-0.2, -0.15) is 0 Å². The molecule has 0 aliphatic rings. The lowest BCUT2D eigenvalue weighted by molar-refractivity contribution is -0.155. The Bertz CT molecular complexity index is 237. The van der Waals surface area contributed by atoms with E-state index in [1.165, 1.54) is 0 Å². The van der Waals surface area contributed by atoms with E-state index in [-0.39, 0.29) is 16.4 Å². The molecule has 0 aromatic rings. The maximum Gasteiger partial charge on any atom is 0.0675 e.